The van der Waals surface area contributed by atoms with E-state index in [1.165, 1.54) is 4.90 Å². The number of likely N-dealkylation sites (tertiary alicyclic amines) is 1. The molecule has 0 aromatic carbocycles. The van der Waals surface area contributed by atoms with Crippen molar-refractivity contribution in [3.63, 3.8) is 0 Å². The second kappa shape index (κ2) is 20.7. The van der Waals surface area contributed by atoms with E-state index in [9.17, 15) is 23.2 Å². The van der Waals surface area contributed by atoms with Gasteiger partial charge in [0, 0.05) is 25.3 Å². The molecule has 1 aliphatic rings. The van der Waals surface area contributed by atoms with Gasteiger partial charge in [-0.1, -0.05) is 86.8 Å². The minimum Gasteiger partial charge on any atom is -0.330 e. The van der Waals surface area contributed by atoms with Crippen LogP contribution in [-0.2, 0) is 14.4 Å². The van der Waals surface area contributed by atoms with Gasteiger partial charge in [-0.15, -0.1) is 0 Å². The van der Waals surface area contributed by atoms with Crippen LogP contribution in [0.5, 0.6) is 0 Å². The molecule has 1 N–H and O–H groups in total. The van der Waals surface area contributed by atoms with Crippen molar-refractivity contribution in [2.75, 3.05) is 6.54 Å². The quantitative estimate of drug-likeness (QED) is 0.204. The van der Waals surface area contributed by atoms with E-state index in [0.717, 1.165) is 38.2 Å². The Morgan fingerprint density at radius 2 is 1.32 bits per heavy atom. The predicted molar refractivity (Wildman–Crippen MR) is 150 cm³/mol. The van der Waals surface area contributed by atoms with Crippen LogP contribution in [0, 0.1) is 5.92 Å². The number of rotatable bonds is 17. The molecule has 0 saturated carbocycles. The van der Waals surface area contributed by atoms with Gasteiger partial charge in [0.05, 0.1) is 0 Å². The van der Waals surface area contributed by atoms with Crippen molar-refractivity contribution >= 4 is 17.7 Å². The first-order valence-corrected chi connectivity index (χ1v) is 13.4. The van der Waals surface area contributed by atoms with Crippen molar-refractivity contribution in [2.45, 2.75) is 77.7 Å². The van der Waals surface area contributed by atoms with E-state index in [1.807, 2.05) is 12.2 Å². The molecule has 1 unspecified atom stereocenters. The molecule has 1 aliphatic heterocycles. The van der Waals surface area contributed by atoms with Gasteiger partial charge in [-0.25, -0.2) is 0 Å². The topological polar surface area (TPSA) is 66.5 Å². The highest BCUT2D eigenvalue weighted by atomic mass is 19.3. The Hall–Kier alpha value is -3.35. The molecule has 0 bridgehead atoms. The average molecular weight is 529 g/mol. The highest BCUT2D eigenvalue weighted by Gasteiger charge is 2.36. The summed E-state index contributed by atoms with van der Waals surface area (Å²) < 4.78 is 25.0. The normalized spacial score (nSPS) is 17.3. The third-order valence-electron chi connectivity index (χ3n) is 5.78. The van der Waals surface area contributed by atoms with Gasteiger partial charge < -0.3 is 4.90 Å². The fraction of sp³-hybridized carbons (Fsp3) is 0.452. The molecule has 5 nitrogen and oxygen atoms in total. The van der Waals surface area contributed by atoms with E-state index in [0.29, 0.717) is 12.8 Å². The van der Waals surface area contributed by atoms with Gasteiger partial charge in [0.25, 0.3) is 6.08 Å². The van der Waals surface area contributed by atoms with Crippen molar-refractivity contribution in [3.8, 4) is 0 Å². The van der Waals surface area contributed by atoms with Crippen molar-refractivity contribution in [1.29, 1.82) is 0 Å². The number of nitrogens with one attached hydrogen (secondary N) is 1. The lowest BCUT2D eigenvalue weighted by Crippen LogP contribution is -2.48. The first-order valence-electron chi connectivity index (χ1n) is 13.4. The van der Waals surface area contributed by atoms with Gasteiger partial charge in [0.15, 0.2) is 0 Å². The van der Waals surface area contributed by atoms with Crippen molar-refractivity contribution in [3.05, 3.63) is 85.1 Å². The standard InChI is InChI=1S/C31H42F2N2O3/c1-3-5-6-7-8-9-10-11-12-13-14-15-16-17-18-19-20-21-22-29(36)34-31(38)27(4-2)35-25-26(23-28(32)33)24-30(35)37/h5-6,8-9,11-12,14-15,17-18,20-21,23,26-27H,3-4,7,10,13,16,19,22,24-25H2,1-2H3,(H,34,36,38)/b6-5-,9-8-,12-11-,15-14-,18-17-,21-20-/t26-,27?/m1/s1. The molecular weight excluding hydrogens is 486 g/mol. The molecule has 1 fully saturated rings. The maximum Gasteiger partial charge on any atom is 0.266 e. The number of halogens is 2. The number of amides is 3. The molecule has 1 heterocycles. The van der Waals surface area contributed by atoms with E-state index in [2.05, 4.69) is 66.9 Å². The third kappa shape index (κ3) is 15.0. The summed E-state index contributed by atoms with van der Waals surface area (Å²) in [6, 6.07) is -0.849. The maximum absolute atomic E-state index is 12.5. The lowest BCUT2D eigenvalue weighted by molar-refractivity contribution is -0.140. The molecule has 7 heteroatoms. The van der Waals surface area contributed by atoms with Gasteiger partial charge in [-0.3, -0.25) is 19.7 Å². The SMILES string of the molecule is CC/C=C\C/C=C\C/C=C\C/C=C\C/C=C\C/C=C\CC(=O)NC(=O)C(CC)N1C[C@H](C=C(F)F)CC1=O. The van der Waals surface area contributed by atoms with Crippen molar-refractivity contribution < 1.29 is 23.2 Å². The summed E-state index contributed by atoms with van der Waals surface area (Å²) in [6.45, 7) is 3.89. The minimum absolute atomic E-state index is 0.0409. The second-order valence-corrected chi connectivity index (χ2v) is 8.92. The number of carbonyl (C=O) groups excluding carboxylic acids is 3. The van der Waals surface area contributed by atoms with Crippen LogP contribution in [0.2, 0.25) is 0 Å². The Labute approximate surface area is 226 Å². The van der Waals surface area contributed by atoms with Gasteiger partial charge in [-0.2, -0.15) is 8.78 Å². The zero-order valence-corrected chi connectivity index (χ0v) is 22.7. The predicted octanol–water partition coefficient (Wildman–Crippen LogP) is 7.12. The van der Waals surface area contributed by atoms with Gasteiger partial charge in [-0.05, 0) is 51.0 Å². The molecule has 0 spiro atoms. The van der Waals surface area contributed by atoms with Crippen LogP contribution < -0.4 is 5.32 Å². The number of nitrogens with zero attached hydrogens (tertiary/aromatic N) is 1. The first-order chi connectivity index (χ1) is 18.4. The Kier molecular flexibility index (Phi) is 17.8. The van der Waals surface area contributed by atoms with Crippen molar-refractivity contribution in [2.24, 2.45) is 5.92 Å². The average Bonchev–Trinajstić information content (AvgIpc) is 3.22. The molecular formula is C31H42F2N2O3. The van der Waals surface area contributed by atoms with Crippen LogP contribution in [0.15, 0.2) is 85.1 Å². The molecule has 2 atom stereocenters. The van der Waals surface area contributed by atoms with Crippen LogP contribution in [0.25, 0.3) is 0 Å². The fourth-order valence-corrected chi connectivity index (χ4v) is 3.88. The van der Waals surface area contributed by atoms with E-state index in [4.69, 9.17) is 0 Å². The summed E-state index contributed by atoms with van der Waals surface area (Å²) >= 11 is 0. The summed E-state index contributed by atoms with van der Waals surface area (Å²) in [6.07, 6.45) is 29.4. The van der Waals surface area contributed by atoms with Crippen LogP contribution >= 0.6 is 0 Å². The minimum atomic E-state index is -1.84. The smallest absolute Gasteiger partial charge is 0.266 e. The Bertz CT molecular complexity index is 941. The summed E-state index contributed by atoms with van der Waals surface area (Å²) in [5.41, 5.74) is 0. The first kappa shape index (κ1) is 32.7. The lowest BCUT2D eigenvalue weighted by Gasteiger charge is -2.25. The Morgan fingerprint density at radius 1 is 0.842 bits per heavy atom. The van der Waals surface area contributed by atoms with Gasteiger partial charge in [0.1, 0.15) is 6.04 Å². The largest absolute Gasteiger partial charge is 0.330 e. The molecule has 3 amide bonds. The molecule has 0 aromatic rings. The zero-order chi connectivity index (χ0) is 28.0. The highest BCUT2D eigenvalue weighted by molar-refractivity contribution is 5.99. The monoisotopic (exact) mass is 528 g/mol. The summed E-state index contributed by atoms with van der Waals surface area (Å²) in [5.74, 6) is -2.03. The van der Waals surface area contributed by atoms with E-state index in [-0.39, 0.29) is 25.3 Å². The molecule has 0 aromatic heterocycles. The fourth-order valence-electron chi connectivity index (χ4n) is 3.88. The number of imide groups is 1. The number of hydrogen-bond acceptors (Lipinski definition) is 3. The molecule has 1 saturated heterocycles. The molecule has 0 aliphatic carbocycles. The van der Waals surface area contributed by atoms with E-state index >= 15 is 0 Å². The van der Waals surface area contributed by atoms with E-state index in [1.54, 1.807) is 13.0 Å². The third-order valence-corrected chi connectivity index (χ3v) is 5.78. The maximum atomic E-state index is 12.5. The van der Waals surface area contributed by atoms with Gasteiger partial charge >= 0.3 is 0 Å². The lowest BCUT2D eigenvalue weighted by atomic mass is 10.1. The van der Waals surface area contributed by atoms with Crippen LogP contribution in [-0.4, -0.2) is 35.2 Å². The van der Waals surface area contributed by atoms with Crippen LogP contribution in [0.4, 0.5) is 8.78 Å². The van der Waals surface area contributed by atoms with Crippen molar-refractivity contribution in [1.82, 2.24) is 10.2 Å². The summed E-state index contributed by atoms with van der Waals surface area (Å²) in [4.78, 5) is 38.1. The van der Waals surface area contributed by atoms with Gasteiger partial charge in [0.2, 0.25) is 17.7 Å². The number of hydrogen-bond donors (Lipinski definition) is 1. The zero-order valence-electron chi connectivity index (χ0n) is 22.7. The molecule has 38 heavy (non-hydrogen) atoms. The van der Waals surface area contributed by atoms with Crippen LogP contribution in [0.1, 0.15) is 71.6 Å². The Balaban J connectivity index is 2.23. The Morgan fingerprint density at radius 3 is 1.76 bits per heavy atom. The summed E-state index contributed by atoms with van der Waals surface area (Å²) in [5, 5.41) is 2.32. The molecule has 0 radical (unpaired) electrons. The highest BCUT2D eigenvalue weighted by Crippen LogP contribution is 2.24. The molecule has 1 rings (SSSR count). The number of carbonyl (C=O) groups is 3. The molecule has 208 valence electrons. The second-order valence-electron chi connectivity index (χ2n) is 8.92. The summed E-state index contributed by atoms with van der Waals surface area (Å²) in [7, 11) is 0. The number of allylic oxidation sites excluding steroid dienone is 11. The van der Waals surface area contributed by atoms with E-state index < -0.39 is 29.9 Å². The van der Waals surface area contributed by atoms with Crippen LogP contribution in [0.3, 0.4) is 0 Å².